The van der Waals surface area contributed by atoms with Gasteiger partial charge in [0.25, 0.3) is 0 Å². The van der Waals surface area contributed by atoms with Crippen molar-refractivity contribution in [3.05, 3.63) is 28.2 Å². The zero-order valence-electron chi connectivity index (χ0n) is 8.30. The monoisotopic (exact) mass is 374 g/mol. The number of halogens is 5. The topological polar surface area (TPSA) is 26.3 Å². The lowest BCUT2D eigenvalue weighted by atomic mass is 10.0. The summed E-state index contributed by atoms with van der Waals surface area (Å²) in [5, 5.41) is 0.223. The Kier molecular flexibility index (Phi) is 5.00. The maximum atomic E-state index is 12.2. The fourth-order valence-electron chi connectivity index (χ4n) is 1.22. The summed E-state index contributed by atoms with van der Waals surface area (Å²) in [6.07, 6.45) is -4.21. The lowest BCUT2D eigenvalue weighted by molar-refractivity contribution is -0.274. The number of carbonyl (C=O) groups is 1. The van der Waals surface area contributed by atoms with E-state index in [-0.39, 0.29) is 16.6 Å². The molecule has 0 radical (unpaired) electrons. The van der Waals surface area contributed by atoms with E-state index in [1.165, 1.54) is 18.2 Å². The zero-order valence-corrected chi connectivity index (χ0v) is 11.5. The highest BCUT2D eigenvalue weighted by atomic mass is 79.9. The summed E-state index contributed by atoms with van der Waals surface area (Å²) in [6.45, 7) is 0. The summed E-state index contributed by atoms with van der Waals surface area (Å²) in [4.78, 5) is 10.8. The second-order valence-electron chi connectivity index (χ2n) is 3.13. The van der Waals surface area contributed by atoms with Gasteiger partial charge in [0.1, 0.15) is 12.0 Å². The van der Waals surface area contributed by atoms with Gasteiger partial charge in [-0.2, -0.15) is 0 Å². The van der Waals surface area contributed by atoms with E-state index in [4.69, 9.17) is 0 Å². The molecule has 7 heteroatoms. The number of alkyl halides is 4. The third kappa shape index (κ3) is 4.31. The number of benzene rings is 1. The molecule has 0 saturated heterocycles. The Morgan fingerprint density at radius 1 is 1.41 bits per heavy atom. The maximum Gasteiger partial charge on any atom is 0.573 e. The highest BCUT2D eigenvalue weighted by molar-refractivity contribution is 9.10. The molecule has 0 N–H and O–H groups in total. The Labute approximate surface area is 112 Å². The number of ether oxygens (including phenoxy) is 1. The number of carbonyl (C=O) groups excluding carboxylic acids is 1. The highest BCUT2D eigenvalue weighted by Gasteiger charge is 2.33. The number of aldehydes is 1. The molecular formula is C10H7Br2F3O2. The van der Waals surface area contributed by atoms with Gasteiger partial charge in [-0.05, 0) is 18.2 Å². The molecule has 0 aliphatic rings. The SMILES string of the molecule is O=CC(CBr)c1cc(Br)ccc1OC(F)(F)F. The van der Waals surface area contributed by atoms with Crippen LogP contribution in [-0.4, -0.2) is 18.0 Å². The van der Waals surface area contributed by atoms with Gasteiger partial charge in [0.05, 0.1) is 5.92 Å². The smallest absolute Gasteiger partial charge is 0.405 e. The molecule has 0 spiro atoms. The Morgan fingerprint density at radius 2 is 2.06 bits per heavy atom. The van der Waals surface area contributed by atoms with Crippen LogP contribution >= 0.6 is 31.9 Å². The third-order valence-corrected chi connectivity index (χ3v) is 3.12. The van der Waals surface area contributed by atoms with Crippen LogP contribution in [0, 0.1) is 0 Å². The molecule has 1 unspecified atom stereocenters. The van der Waals surface area contributed by atoms with Gasteiger partial charge in [0, 0.05) is 15.4 Å². The van der Waals surface area contributed by atoms with E-state index in [0.29, 0.717) is 10.8 Å². The van der Waals surface area contributed by atoms with Crippen LogP contribution in [0.3, 0.4) is 0 Å². The van der Waals surface area contributed by atoms with E-state index in [2.05, 4.69) is 36.6 Å². The molecule has 0 saturated carbocycles. The molecule has 1 aromatic rings. The van der Waals surface area contributed by atoms with Crippen LogP contribution in [0.15, 0.2) is 22.7 Å². The van der Waals surface area contributed by atoms with Crippen molar-refractivity contribution in [1.82, 2.24) is 0 Å². The van der Waals surface area contributed by atoms with Crippen molar-refractivity contribution in [3.63, 3.8) is 0 Å². The molecule has 17 heavy (non-hydrogen) atoms. The van der Waals surface area contributed by atoms with E-state index >= 15 is 0 Å². The lowest BCUT2D eigenvalue weighted by Gasteiger charge is -2.16. The molecule has 0 aliphatic heterocycles. The Hall–Kier alpha value is -0.560. The van der Waals surface area contributed by atoms with Gasteiger partial charge in [-0.25, -0.2) is 0 Å². The van der Waals surface area contributed by atoms with Crippen LogP contribution in [0.2, 0.25) is 0 Å². The highest BCUT2D eigenvalue weighted by Crippen LogP contribution is 2.33. The molecule has 0 aromatic heterocycles. The average Bonchev–Trinajstić information content (AvgIpc) is 2.22. The summed E-state index contributed by atoms with van der Waals surface area (Å²) in [7, 11) is 0. The van der Waals surface area contributed by atoms with E-state index < -0.39 is 12.3 Å². The molecule has 0 heterocycles. The normalized spacial score (nSPS) is 13.2. The largest absolute Gasteiger partial charge is 0.573 e. The van der Waals surface area contributed by atoms with Crippen molar-refractivity contribution in [1.29, 1.82) is 0 Å². The van der Waals surface area contributed by atoms with Crippen molar-refractivity contribution in [3.8, 4) is 5.75 Å². The molecule has 1 aromatic carbocycles. The fraction of sp³-hybridized carbons (Fsp3) is 0.300. The van der Waals surface area contributed by atoms with Crippen LogP contribution in [0.5, 0.6) is 5.75 Å². The third-order valence-electron chi connectivity index (χ3n) is 1.93. The molecular weight excluding hydrogens is 369 g/mol. The van der Waals surface area contributed by atoms with E-state index in [0.717, 1.165) is 0 Å². The van der Waals surface area contributed by atoms with Gasteiger partial charge < -0.3 is 9.53 Å². The number of rotatable bonds is 4. The fourth-order valence-corrected chi connectivity index (χ4v) is 2.10. The summed E-state index contributed by atoms with van der Waals surface area (Å²) in [5.41, 5.74) is 0.184. The zero-order chi connectivity index (χ0) is 13.1. The Morgan fingerprint density at radius 3 is 2.53 bits per heavy atom. The molecule has 1 atom stereocenters. The van der Waals surface area contributed by atoms with Crippen LogP contribution in [0.4, 0.5) is 13.2 Å². The minimum absolute atomic E-state index is 0.184. The van der Waals surface area contributed by atoms with Crippen molar-refractivity contribution in [2.24, 2.45) is 0 Å². The summed E-state index contributed by atoms with van der Waals surface area (Å²) >= 11 is 6.20. The van der Waals surface area contributed by atoms with Crippen molar-refractivity contribution < 1.29 is 22.7 Å². The van der Waals surface area contributed by atoms with Crippen molar-refractivity contribution in [2.45, 2.75) is 12.3 Å². The van der Waals surface area contributed by atoms with Crippen LogP contribution < -0.4 is 4.74 Å². The van der Waals surface area contributed by atoms with Gasteiger partial charge in [-0.3, -0.25) is 0 Å². The van der Waals surface area contributed by atoms with Gasteiger partial charge in [-0.15, -0.1) is 13.2 Å². The molecule has 1 rings (SSSR count). The maximum absolute atomic E-state index is 12.2. The van der Waals surface area contributed by atoms with E-state index in [1.807, 2.05) is 0 Å². The molecule has 0 amide bonds. The van der Waals surface area contributed by atoms with Crippen molar-refractivity contribution >= 4 is 38.1 Å². The standard InChI is InChI=1S/C10H7Br2F3O2/c11-4-6(5-16)8-3-7(12)1-2-9(8)17-10(13,14)15/h1-3,5-6H,4H2. The first-order valence-corrected chi connectivity index (χ1v) is 6.35. The Balaban J connectivity index is 3.16. The second kappa shape index (κ2) is 5.86. The molecule has 0 fully saturated rings. The van der Waals surface area contributed by atoms with E-state index in [9.17, 15) is 18.0 Å². The number of hydrogen-bond acceptors (Lipinski definition) is 2. The van der Waals surface area contributed by atoms with Gasteiger partial charge in [0.2, 0.25) is 0 Å². The first-order valence-electron chi connectivity index (χ1n) is 4.44. The average molecular weight is 376 g/mol. The summed E-state index contributed by atoms with van der Waals surface area (Å²) < 4.78 is 40.9. The minimum atomic E-state index is -4.78. The minimum Gasteiger partial charge on any atom is -0.405 e. The first kappa shape index (κ1) is 14.5. The summed E-state index contributed by atoms with van der Waals surface area (Å²) in [6, 6.07) is 4.02. The lowest BCUT2D eigenvalue weighted by Crippen LogP contribution is -2.19. The molecule has 0 bridgehead atoms. The molecule has 2 nitrogen and oxygen atoms in total. The van der Waals surface area contributed by atoms with Crippen LogP contribution in [0.25, 0.3) is 0 Å². The number of hydrogen-bond donors (Lipinski definition) is 0. The van der Waals surface area contributed by atoms with Crippen LogP contribution in [-0.2, 0) is 4.79 Å². The van der Waals surface area contributed by atoms with Gasteiger partial charge >= 0.3 is 6.36 Å². The first-order chi connectivity index (χ1) is 7.87. The predicted molar refractivity (Wildman–Crippen MR) is 63.4 cm³/mol. The quantitative estimate of drug-likeness (QED) is 0.586. The van der Waals surface area contributed by atoms with Crippen molar-refractivity contribution in [2.75, 3.05) is 5.33 Å². The molecule has 0 aliphatic carbocycles. The van der Waals surface area contributed by atoms with Crippen LogP contribution in [0.1, 0.15) is 11.5 Å². The second-order valence-corrected chi connectivity index (χ2v) is 4.69. The van der Waals surface area contributed by atoms with Gasteiger partial charge in [0.15, 0.2) is 0 Å². The van der Waals surface area contributed by atoms with Gasteiger partial charge in [-0.1, -0.05) is 31.9 Å². The molecule has 94 valence electrons. The summed E-state index contributed by atoms with van der Waals surface area (Å²) in [5.74, 6) is -1.05. The predicted octanol–water partition coefficient (Wildman–Crippen LogP) is 4.03. The van der Waals surface area contributed by atoms with E-state index in [1.54, 1.807) is 0 Å². The Bertz CT molecular complexity index is 407.